The van der Waals surface area contributed by atoms with Crippen molar-refractivity contribution in [3.63, 3.8) is 0 Å². The molecule has 5 nitrogen and oxygen atoms in total. The predicted octanol–water partition coefficient (Wildman–Crippen LogP) is 1.77. The van der Waals surface area contributed by atoms with E-state index in [4.69, 9.17) is 9.84 Å². The summed E-state index contributed by atoms with van der Waals surface area (Å²) in [5.74, 6) is 1.07. The van der Waals surface area contributed by atoms with Crippen LogP contribution in [0.15, 0.2) is 29.2 Å². The zero-order chi connectivity index (χ0) is 15.2. The van der Waals surface area contributed by atoms with Crippen LogP contribution in [0.1, 0.15) is 27.2 Å². The summed E-state index contributed by atoms with van der Waals surface area (Å²) < 4.78 is 32.1. The number of aliphatic hydroxyl groups is 1. The number of aliphatic hydroxyl groups excluding tert-OH is 1. The SMILES string of the molecule is CC(C)COc1ccc(S(=O)(=O)NC(C)CCO)cc1. The average molecular weight is 301 g/mol. The van der Waals surface area contributed by atoms with E-state index in [9.17, 15) is 8.42 Å². The van der Waals surface area contributed by atoms with Crippen molar-refractivity contribution in [1.29, 1.82) is 0 Å². The van der Waals surface area contributed by atoms with E-state index in [1.807, 2.05) is 13.8 Å². The topological polar surface area (TPSA) is 75.6 Å². The van der Waals surface area contributed by atoms with Gasteiger partial charge in [0.15, 0.2) is 0 Å². The van der Waals surface area contributed by atoms with E-state index in [1.165, 1.54) is 12.1 Å². The van der Waals surface area contributed by atoms with Crippen molar-refractivity contribution in [2.45, 2.75) is 38.1 Å². The molecule has 0 aliphatic rings. The summed E-state index contributed by atoms with van der Waals surface area (Å²) in [7, 11) is -3.55. The summed E-state index contributed by atoms with van der Waals surface area (Å²) in [6, 6.07) is 6.02. The van der Waals surface area contributed by atoms with Crippen LogP contribution in [0.4, 0.5) is 0 Å². The second-order valence-electron chi connectivity index (χ2n) is 5.21. The Hall–Kier alpha value is -1.11. The second kappa shape index (κ2) is 7.61. The molecule has 0 radical (unpaired) electrons. The van der Waals surface area contributed by atoms with Gasteiger partial charge in [0.05, 0.1) is 11.5 Å². The normalized spacial score (nSPS) is 13.4. The molecule has 0 aliphatic heterocycles. The van der Waals surface area contributed by atoms with E-state index in [2.05, 4.69) is 4.72 Å². The van der Waals surface area contributed by atoms with E-state index in [-0.39, 0.29) is 17.5 Å². The first kappa shape index (κ1) is 16.9. The van der Waals surface area contributed by atoms with Gasteiger partial charge >= 0.3 is 0 Å². The van der Waals surface area contributed by atoms with Gasteiger partial charge in [0.25, 0.3) is 0 Å². The molecular formula is C14H23NO4S. The number of ether oxygens (including phenoxy) is 1. The van der Waals surface area contributed by atoms with Gasteiger partial charge in [-0.15, -0.1) is 0 Å². The van der Waals surface area contributed by atoms with Crippen molar-refractivity contribution in [3.8, 4) is 5.75 Å². The van der Waals surface area contributed by atoms with Gasteiger partial charge in [-0.2, -0.15) is 0 Å². The van der Waals surface area contributed by atoms with Crippen LogP contribution in [0.5, 0.6) is 5.75 Å². The predicted molar refractivity (Wildman–Crippen MR) is 78.3 cm³/mol. The van der Waals surface area contributed by atoms with Crippen molar-refractivity contribution >= 4 is 10.0 Å². The third-order valence-electron chi connectivity index (χ3n) is 2.64. The molecular weight excluding hydrogens is 278 g/mol. The molecule has 1 rings (SSSR count). The summed E-state index contributed by atoms with van der Waals surface area (Å²) in [4.78, 5) is 0.194. The molecule has 0 saturated heterocycles. The summed E-state index contributed by atoms with van der Waals surface area (Å²) >= 11 is 0. The minimum atomic E-state index is -3.55. The first-order valence-electron chi connectivity index (χ1n) is 6.71. The Bertz CT molecular complexity index is 496. The zero-order valence-corrected chi connectivity index (χ0v) is 13.0. The monoisotopic (exact) mass is 301 g/mol. The smallest absolute Gasteiger partial charge is 0.240 e. The number of nitrogens with one attached hydrogen (secondary N) is 1. The maximum absolute atomic E-state index is 12.1. The Balaban J connectivity index is 2.71. The maximum Gasteiger partial charge on any atom is 0.240 e. The Morgan fingerprint density at radius 1 is 1.20 bits per heavy atom. The van der Waals surface area contributed by atoms with Gasteiger partial charge in [-0.3, -0.25) is 0 Å². The number of hydrogen-bond acceptors (Lipinski definition) is 4. The number of sulfonamides is 1. The fraction of sp³-hybridized carbons (Fsp3) is 0.571. The minimum absolute atomic E-state index is 0.0499. The fourth-order valence-electron chi connectivity index (χ4n) is 1.56. The van der Waals surface area contributed by atoms with Gasteiger partial charge in [-0.05, 0) is 43.5 Å². The van der Waals surface area contributed by atoms with Crippen molar-refractivity contribution in [2.24, 2.45) is 5.92 Å². The Morgan fingerprint density at radius 3 is 2.30 bits per heavy atom. The highest BCUT2D eigenvalue weighted by atomic mass is 32.2. The molecule has 0 aromatic heterocycles. The van der Waals surface area contributed by atoms with E-state index >= 15 is 0 Å². The minimum Gasteiger partial charge on any atom is -0.493 e. The lowest BCUT2D eigenvalue weighted by Gasteiger charge is -2.13. The molecule has 0 saturated carbocycles. The van der Waals surface area contributed by atoms with E-state index < -0.39 is 10.0 Å². The van der Waals surface area contributed by atoms with Crippen LogP contribution in [0.2, 0.25) is 0 Å². The molecule has 0 amide bonds. The van der Waals surface area contributed by atoms with Crippen molar-refractivity contribution in [2.75, 3.05) is 13.2 Å². The fourth-order valence-corrected chi connectivity index (χ4v) is 2.84. The Labute approximate surface area is 121 Å². The molecule has 20 heavy (non-hydrogen) atoms. The third-order valence-corrected chi connectivity index (χ3v) is 4.24. The van der Waals surface area contributed by atoms with Gasteiger partial charge in [0.1, 0.15) is 5.75 Å². The summed E-state index contributed by atoms with van der Waals surface area (Å²) in [5.41, 5.74) is 0. The maximum atomic E-state index is 12.1. The number of benzene rings is 1. The highest BCUT2D eigenvalue weighted by Gasteiger charge is 2.16. The summed E-state index contributed by atoms with van der Waals surface area (Å²) in [6.07, 6.45) is 0.384. The molecule has 1 atom stereocenters. The van der Waals surface area contributed by atoms with Crippen molar-refractivity contribution in [3.05, 3.63) is 24.3 Å². The molecule has 0 spiro atoms. The van der Waals surface area contributed by atoms with Crippen LogP contribution in [-0.4, -0.2) is 32.8 Å². The van der Waals surface area contributed by atoms with Crippen LogP contribution in [-0.2, 0) is 10.0 Å². The van der Waals surface area contributed by atoms with Gasteiger partial charge in [-0.25, -0.2) is 13.1 Å². The molecule has 1 unspecified atom stereocenters. The Kier molecular flexibility index (Phi) is 6.45. The molecule has 2 N–H and O–H groups in total. The zero-order valence-electron chi connectivity index (χ0n) is 12.2. The van der Waals surface area contributed by atoms with Crippen LogP contribution >= 0.6 is 0 Å². The lowest BCUT2D eigenvalue weighted by Crippen LogP contribution is -2.33. The van der Waals surface area contributed by atoms with E-state index in [0.717, 1.165) is 0 Å². The average Bonchev–Trinajstić information content (AvgIpc) is 2.36. The summed E-state index contributed by atoms with van der Waals surface area (Å²) in [6.45, 7) is 6.36. The second-order valence-corrected chi connectivity index (χ2v) is 6.92. The Morgan fingerprint density at radius 2 is 1.80 bits per heavy atom. The first-order valence-corrected chi connectivity index (χ1v) is 8.19. The number of hydrogen-bond donors (Lipinski definition) is 2. The molecule has 1 aromatic carbocycles. The highest BCUT2D eigenvalue weighted by molar-refractivity contribution is 7.89. The highest BCUT2D eigenvalue weighted by Crippen LogP contribution is 2.17. The largest absolute Gasteiger partial charge is 0.493 e. The van der Waals surface area contributed by atoms with Gasteiger partial charge < -0.3 is 9.84 Å². The molecule has 0 heterocycles. The quantitative estimate of drug-likeness (QED) is 0.767. The van der Waals surface area contributed by atoms with Crippen LogP contribution in [0.3, 0.4) is 0 Å². The summed E-state index contributed by atoms with van der Waals surface area (Å²) in [5, 5.41) is 8.79. The molecule has 0 fully saturated rings. The molecule has 114 valence electrons. The van der Waals surface area contributed by atoms with Gasteiger partial charge in [0, 0.05) is 12.6 Å². The van der Waals surface area contributed by atoms with Crippen molar-refractivity contribution in [1.82, 2.24) is 4.72 Å². The molecule has 0 aliphatic carbocycles. The van der Waals surface area contributed by atoms with Gasteiger partial charge in [0.2, 0.25) is 10.0 Å². The van der Waals surface area contributed by atoms with Crippen LogP contribution in [0.25, 0.3) is 0 Å². The van der Waals surface area contributed by atoms with E-state index in [0.29, 0.717) is 24.7 Å². The number of rotatable bonds is 8. The van der Waals surface area contributed by atoms with Crippen molar-refractivity contribution < 1.29 is 18.3 Å². The lowest BCUT2D eigenvalue weighted by atomic mass is 10.2. The van der Waals surface area contributed by atoms with E-state index in [1.54, 1.807) is 19.1 Å². The van der Waals surface area contributed by atoms with Gasteiger partial charge in [-0.1, -0.05) is 13.8 Å². The first-order chi connectivity index (χ1) is 9.35. The molecule has 6 heteroatoms. The lowest BCUT2D eigenvalue weighted by molar-refractivity contribution is 0.271. The standard InChI is InChI=1S/C14H23NO4S/c1-11(2)10-19-13-4-6-14(7-5-13)20(17,18)15-12(3)8-9-16/h4-7,11-12,15-16H,8-10H2,1-3H3. The third kappa shape index (κ3) is 5.48. The van der Waals surface area contributed by atoms with Crippen LogP contribution in [0, 0.1) is 5.92 Å². The van der Waals surface area contributed by atoms with Crippen LogP contribution < -0.4 is 9.46 Å². The molecule has 1 aromatic rings. The molecule has 0 bridgehead atoms.